The number of fused-ring (bicyclic) bond motifs is 1. The lowest BCUT2D eigenvalue weighted by Gasteiger charge is -2.24. The summed E-state index contributed by atoms with van der Waals surface area (Å²) in [5.41, 5.74) is 2.06. The van der Waals surface area contributed by atoms with Gasteiger partial charge in [-0.2, -0.15) is 4.99 Å². The molecule has 0 aliphatic carbocycles. The molecule has 2 saturated heterocycles. The van der Waals surface area contributed by atoms with E-state index in [2.05, 4.69) is 4.99 Å². The van der Waals surface area contributed by atoms with Gasteiger partial charge in [-0.25, -0.2) is 12.8 Å². The lowest BCUT2D eigenvalue weighted by molar-refractivity contribution is 0.100. The van der Waals surface area contributed by atoms with E-state index < -0.39 is 9.84 Å². The third kappa shape index (κ3) is 3.64. The van der Waals surface area contributed by atoms with Gasteiger partial charge < -0.3 is 4.90 Å². The molecule has 2 aromatic rings. The second-order valence-electron chi connectivity index (χ2n) is 6.72. The van der Waals surface area contributed by atoms with Crippen molar-refractivity contribution in [2.45, 2.75) is 18.2 Å². The Balaban J connectivity index is 1.72. The highest BCUT2D eigenvalue weighted by Gasteiger charge is 2.49. The smallest absolute Gasteiger partial charge is 0.279 e. The first-order valence-corrected chi connectivity index (χ1v) is 11.1. The van der Waals surface area contributed by atoms with Crippen LogP contribution in [0.4, 0.5) is 10.1 Å². The van der Waals surface area contributed by atoms with Crippen molar-refractivity contribution in [1.29, 1.82) is 0 Å². The molecule has 0 aromatic heterocycles. The predicted octanol–water partition coefficient (Wildman–Crippen LogP) is 3.05. The van der Waals surface area contributed by atoms with Crippen LogP contribution in [0.3, 0.4) is 0 Å². The highest BCUT2D eigenvalue weighted by Crippen LogP contribution is 2.41. The van der Waals surface area contributed by atoms with Gasteiger partial charge in [0.1, 0.15) is 5.82 Å². The van der Waals surface area contributed by atoms with Crippen LogP contribution in [0.2, 0.25) is 0 Å². The van der Waals surface area contributed by atoms with E-state index >= 15 is 0 Å². The fourth-order valence-electron chi connectivity index (χ4n) is 3.40. The van der Waals surface area contributed by atoms with Crippen molar-refractivity contribution in [3.8, 4) is 0 Å². The number of nitrogens with zero attached hydrogens (tertiary/aromatic N) is 2. The third-order valence-corrected chi connectivity index (χ3v) is 7.84. The molecule has 0 spiro atoms. The first kappa shape index (κ1) is 18.2. The van der Waals surface area contributed by atoms with Gasteiger partial charge in [-0.15, -0.1) is 0 Å². The van der Waals surface area contributed by atoms with E-state index in [9.17, 15) is 17.6 Å². The largest absolute Gasteiger partial charge is 0.316 e. The summed E-state index contributed by atoms with van der Waals surface area (Å²) in [5.74, 6) is -0.705. The number of sulfone groups is 1. The molecule has 2 atom stereocenters. The first-order chi connectivity index (χ1) is 12.8. The van der Waals surface area contributed by atoms with Crippen molar-refractivity contribution in [2.24, 2.45) is 4.99 Å². The topological polar surface area (TPSA) is 66.8 Å². The summed E-state index contributed by atoms with van der Waals surface area (Å²) in [6, 6.07) is 12.6. The molecule has 0 bridgehead atoms. The highest BCUT2D eigenvalue weighted by molar-refractivity contribution is 8.16. The summed E-state index contributed by atoms with van der Waals surface area (Å²) in [4.78, 5) is 18.7. The summed E-state index contributed by atoms with van der Waals surface area (Å²) >= 11 is 1.30. The summed E-state index contributed by atoms with van der Waals surface area (Å²) in [6.07, 6.45) is 0. The zero-order valence-corrected chi connectivity index (χ0v) is 16.1. The molecule has 1 amide bonds. The number of amidine groups is 1. The predicted molar refractivity (Wildman–Crippen MR) is 106 cm³/mol. The van der Waals surface area contributed by atoms with E-state index in [-0.39, 0.29) is 34.5 Å². The minimum absolute atomic E-state index is 0.000299. The van der Waals surface area contributed by atoms with Crippen molar-refractivity contribution in [3.63, 3.8) is 0 Å². The zero-order chi connectivity index (χ0) is 19.2. The molecule has 4 rings (SSSR count). The number of carbonyl (C=O) groups is 1. The molecule has 8 heteroatoms. The number of aliphatic imine (C=N–C) groups is 1. The second kappa shape index (κ2) is 6.76. The van der Waals surface area contributed by atoms with Crippen LogP contribution < -0.4 is 4.90 Å². The molecule has 0 saturated carbocycles. The van der Waals surface area contributed by atoms with E-state index in [1.165, 1.54) is 23.9 Å². The SMILES string of the molecule is Cc1cccc(C(=O)N=C2S[C@H]3CS(=O)(=O)C[C@@H]3N2c2ccc(F)cc2)c1. The molecule has 0 radical (unpaired) electrons. The van der Waals surface area contributed by atoms with Crippen molar-refractivity contribution in [2.75, 3.05) is 16.4 Å². The summed E-state index contributed by atoms with van der Waals surface area (Å²) < 4.78 is 37.4. The molecular formula is C19H17FN2O3S2. The minimum atomic E-state index is -3.14. The second-order valence-corrected chi connectivity index (χ2v) is 10.1. The van der Waals surface area contributed by atoms with Gasteiger partial charge in [0, 0.05) is 16.5 Å². The van der Waals surface area contributed by atoms with E-state index in [0.29, 0.717) is 16.4 Å². The first-order valence-electron chi connectivity index (χ1n) is 8.44. The number of amides is 1. The molecule has 0 N–H and O–H groups in total. The number of hydrogen-bond donors (Lipinski definition) is 0. The van der Waals surface area contributed by atoms with E-state index in [4.69, 9.17) is 0 Å². The molecule has 2 heterocycles. The lowest BCUT2D eigenvalue weighted by Crippen LogP contribution is -2.37. The normalized spacial score (nSPS) is 25.0. The van der Waals surface area contributed by atoms with Crippen LogP contribution in [-0.4, -0.2) is 42.3 Å². The van der Waals surface area contributed by atoms with Crippen LogP contribution in [0.25, 0.3) is 0 Å². The maximum absolute atomic E-state index is 13.3. The fourth-order valence-corrected chi connectivity index (χ4v) is 7.31. The molecule has 27 heavy (non-hydrogen) atoms. The van der Waals surface area contributed by atoms with E-state index in [0.717, 1.165) is 5.56 Å². The number of rotatable bonds is 2. The Bertz CT molecular complexity index is 1040. The number of halogens is 1. The number of benzene rings is 2. The van der Waals surface area contributed by atoms with Gasteiger partial charge in [0.2, 0.25) is 0 Å². The number of anilines is 1. The fraction of sp³-hybridized carbons (Fsp3) is 0.263. The van der Waals surface area contributed by atoms with Gasteiger partial charge in [-0.05, 0) is 43.3 Å². The Labute approximate surface area is 161 Å². The monoisotopic (exact) mass is 404 g/mol. The maximum atomic E-state index is 13.3. The molecule has 5 nitrogen and oxygen atoms in total. The van der Waals surface area contributed by atoms with Crippen molar-refractivity contribution in [1.82, 2.24) is 0 Å². The lowest BCUT2D eigenvalue weighted by atomic mass is 10.1. The van der Waals surface area contributed by atoms with Gasteiger partial charge in [0.05, 0.1) is 17.5 Å². The molecule has 2 aliphatic heterocycles. The summed E-state index contributed by atoms with van der Waals surface area (Å²) in [5, 5.41) is 0.266. The maximum Gasteiger partial charge on any atom is 0.279 e. The van der Waals surface area contributed by atoms with Crippen molar-refractivity contribution >= 4 is 38.4 Å². The van der Waals surface area contributed by atoms with Crippen LogP contribution in [0.1, 0.15) is 15.9 Å². The summed E-state index contributed by atoms with van der Waals surface area (Å²) in [7, 11) is -3.14. The molecule has 2 aliphatic rings. The minimum Gasteiger partial charge on any atom is -0.316 e. The zero-order valence-electron chi connectivity index (χ0n) is 14.5. The molecule has 2 aromatic carbocycles. The van der Waals surface area contributed by atoms with Gasteiger partial charge in [-0.1, -0.05) is 29.5 Å². The third-order valence-electron chi connectivity index (χ3n) is 4.63. The van der Waals surface area contributed by atoms with Crippen LogP contribution in [0.15, 0.2) is 53.5 Å². The van der Waals surface area contributed by atoms with Crippen molar-refractivity contribution in [3.05, 3.63) is 65.5 Å². The molecule has 0 unspecified atom stereocenters. The molecule has 140 valence electrons. The van der Waals surface area contributed by atoms with Gasteiger partial charge >= 0.3 is 0 Å². The molecule has 2 fully saturated rings. The van der Waals surface area contributed by atoms with Crippen LogP contribution in [-0.2, 0) is 9.84 Å². The van der Waals surface area contributed by atoms with Crippen LogP contribution in [0.5, 0.6) is 0 Å². The number of carbonyl (C=O) groups excluding carboxylic acids is 1. The quantitative estimate of drug-likeness (QED) is 0.770. The standard InChI is InChI=1S/C19H17FN2O3S2/c1-12-3-2-4-13(9-12)18(23)21-19-22(15-7-5-14(20)6-8-15)16-10-27(24,25)11-17(16)26-19/h2-9,16-17H,10-11H2,1H3/t16-,17-/m0/s1. The van der Waals surface area contributed by atoms with Crippen LogP contribution >= 0.6 is 11.8 Å². The molecular weight excluding hydrogens is 387 g/mol. The number of aryl methyl sites for hydroxylation is 1. The average molecular weight is 404 g/mol. The number of thioether (sulfide) groups is 1. The Morgan fingerprint density at radius 2 is 1.93 bits per heavy atom. The Kier molecular flexibility index (Phi) is 4.55. The van der Waals surface area contributed by atoms with E-state index in [1.807, 2.05) is 13.0 Å². The Morgan fingerprint density at radius 3 is 2.63 bits per heavy atom. The average Bonchev–Trinajstić information content (AvgIpc) is 3.07. The van der Waals surface area contributed by atoms with Gasteiger partial charge in [0.15, 0.2) is 15.0 Å². The van der Waals surface area contributed by atoms with Gasteiger partial charge in [-0.3, -0.25) is 4.79 Å². The number of hydrogen-bond acceptors (Lipinski definition) is 4. The summed E-state index contributed by atoms with van der Waals surface area (Å²) in [6.45, 7) is 1.90. The highest BCUT2D eigenvalue weighted by atomic mass is 32.2. The van der Waals surface area contributed by atoms with Gasteiger partial charge in [0.25, 0.3) is 5.91 Å². The van der Waals surface area contributed by atoms with Crippen LogP contribution in [0, 0.1) is 12.7 Å². The van der Waals surface area contributed by atoms with Crippen molar-refractivity contribution < 1.29 is 17.6 Å². The Morgan fingerprint density at radius 1 is 1.19 bits per heavy atom. The Hall–Kier alpha value is -2.19. The van der Waals surface area contributed by atoms with E-state index in [1.54, 1.807) is 35.2 Å².